The Bertz CT molecular complexity index is 601. The van der Waals surface area contributed by atoms with Crippen LogP contribution in [0.4, 0.5) is 4.39 Å². The van der Waals surface area contributed by atoms with Crippen molar-refractivity contribution in [3.63, 3.8) is 0 Å². The van der Waals surface area contributed by atoms with Crippen LogP contribution in [0.15, 0.2) is 34.7 Å². The smallest absolute Gasteiger partial charge is 0.141 e. The number of rotatable bonds is 10. The minimum absolute atomic E-state index is 0. The maximum Gasteiger partial charge on any atom is 0.141 e. The van der Waals surface area contributed by atoms with E-state index in [4.69, 9.17) is 16.0 Å². The fourth-order valence-corrected chi connectivity index (χ4v) is 2.70. The van der Waals surface area contributed by atoms with E-state index in [1.807, 2.05) is 12.1 Å². The van der Waals surface area contributed by atoms with Crippen molar-refractivity contribution in [2.24, 2.45) is 0 Å². The number of halogens is 3. The molecule has 0 fully saturated rings. The molecule has 1 aromatic heterocycles. The largest absolute Gasteiger partial charge is 0.460 e. The zero-order valence-corrected chi connectivity index (χ0v) is 15.7. The molecule has 1 heterocycles. The van der Waals surface area contributed by atoms with Crippen LogP contribution in [0.5, 0.6) is 0 Å². The molecule has 0 radical (unpaired) electrons. The minimum atomic E-state index is -0.414. The van der Waals surface area contributed by atoms with Crippen molar-refractivity contribution < 1.29 is 8.81 Å². The van der Waals surface area contributed by atoms with Crippen molar-refractivity contribution in [2.45, 2.75) is 52.0 Å². The van der Waals surface area contributed by atoms with Gasteiger partial charge in [0.15, 0.2) is 0 Å². The number of hydrogen-bond donors (Lipinski definition) is 1. The monoisotopic (exact) mass is 373 g/mol. The Labute approximate surface area is 155 Å². The second-order valence-corrected chi connectivity index (χ2v) is 6.25. The van der Waals surface area contributed by atoms with E-state index in [-0.39, 0.29) is 17.4 Å². The molecule has 0 atom stereocenters. The second kappa shape index (κ2) is 11.5. The second-order valence-electron chi connectivity index (χ2n) is 5.84. The molecule has 2 rings (SSSR count). The first kappa shape index (κ1) is 21.0. The predicted octanol–water partition coefficient (Wildman–Crippen LogP) is 6.61. The van der Waals surface area contributed by atoms with Crippen molar-refractivity contribution in [3.8, 4) is 11.3 Å². The molecule has 0 spiro atoms. The summed E-state index contributed by atoms with van der Waals surface area (Å²) in [7, 11) is 0. The number of furan rings is 1. The predicted molar refractivity (Wildman–Crippen MR) is 101 cm³/mol. The molecule has 0 aliphatic heterocycles. The van der Waals surface area contributed by atoms with E-state index in [9.17, 15) is 4.39 Å². The van der Waals surface area contributed by atoms with Gasteiger partial charge in [-0.05, 0) is 43.3 Å². The van der Waals surface area contributed by atoms with Crippen LogP contribution < -0.4 is 5.32 Å². The molecule has 5 heteroatoms. The van der Waals surface area contributed by atoms with Crippen LogP contribution in [-0.4, -0.2) is 6.54 Å². The third-order valence-corrected chi connectivity index (χ3v) is 4.16. The summed E-state index contributed by atoms with van der Waals surface area (Å²) in [4.78, 5) is 0. The topological polar surface area (TPSA) is 25.2 Å². The summed E-state index contributed by atoms with van der Waals surface area (Å²) in [6.07, 6.45) is 7.79. The van der Waals surface area contributed by atoms with Crippen molar-refractivity contribution in [1.29, 1.82) is 0 Å². The number of unbranched alkanes of at least 4 members (excludes halogenated alkanes) is 5. The normalized spacial score (nSPS) is 10.6. The minimum Gasteiger partial charge on any atom is -0.460 e. The molecule has 0 amide bonds. The average molecular weight is 374 g/mol. The molecule has 2 nitrogen and oxygen atoms in total. The number of hydrogen-bond acceptors (Lipinski definition) is 2. The summed E-state index contributed by atoms with van der Waals surface area (Å²) in [6, 6.07) is 8.46. The van der Waals surface area contributed by atoms with Crippen LogP contribution in [-0.2, 0) is 6.54 Å². The Morgan fingerprint density at radius 3 is 2.54 bits per heavy atom. The standard InChI is InChI=1S/C19H25ClFNO.ClH/c1-2-3-4-5-6-7-12-22-14-16-9-11-19(23-16)15-8-10-18(21)17(20)13-15;/h8-11,13,22H,2-7,12,14H2,1H3;1H. The maximum atomic E-state index is 13.2. The van der Waals surface area contributed by atoms with Crippen molar-refractivity contribution in [2.75, 3.05) is 6.54 Å². The molecule has 0 saturated carbocycles. The average Bonchev–Trinajstić information content (AvgIpc) is 3.01. The van der Waals surface area contributed by atoms with E-state index in [0.717, 1.165) is 17.9 Å². The van der Waals surface area contributed by atoms with E-state index in [0.29, 0.717) is 12.3 Å². The van der Waals surface area contributed by atoms with Gasteiger partial charge >= 0.3 is 0 Å². The van der Waals surface area contributed by atoms with Gasteiger partial charge in [0.1, 0.15) is 17.3 Å². The van der Waals surface area contributed by atoms with Crippen LogP contribution >= 0.6 is 24.0 Å². The molecular weight excluding hydrogens is 348 g/mol. The quantitative estimate of drug-likeness (QED) is 0.473. The van der Waals surface area contributed by atoms with E-state index < -0.39 is 5.82 Å². The lowest BCUT2D eigenvalue weighted by atomic mass is 10.1. The van der Waals surface area contributed by atoms with Crippen LogP contribution in [0, 0.1) is 5.82 Å². The first-order valence-electron chi connectivity index (χ1n) is 8.45. The molecule has 2 aromatic rings. The summed E-state index contributed by atoms with van der Waals surface area (Å²) in [5.74, 6) is 1.18. The third-order valence-electron chi connectivity index (χ3n) is 3.87. The Balaban J connectivity index is 0.00000288. The molecule has 1 N–H and O–H groups in total. The molecule has 0 unspecified atom stereocenters. The molecule has 0 bridgehead atoms. The Kier molecular flexibility index (Phi) is 10.1. The van der Waals surface area contributed by atoms with Crippen LogP contribution in [0.1, 0.15) is 51.2 Å². The Morgan fingerprint density at radius 2 is 1.79 bits per heavy atom. The number of benzene rings is 1. The molecule has 134 valence electrons. The van der Waals surface area contributed by atoms with Gasteiger partial charge in [0.2, 0.25) is 0 Å². The Hall–Kier alpha value is -1.03. The summed E-state index contributed by atoms with van der Waals surface area (Å²) in [5, 5.41) is 3.51. The van der Waals surface area contributed by atoms with Gasteiger partial charge in [-0.15, -0.1) is 12.4 Å². The van der Waals surface area contributed by atoms with Gasteiger partial charge in [0.25, 0.3) is 0 Å². The van der Waals surface area contributed by atoms with E-state index >= 15 is 0 Å². The summed E-state index contributed by atoms with van der Waals surface area (Å²) < 4.78 is 19.0. The molecule has 0 aliphatic carbocycles. The first-order valence-corrected chi connectivity index (χ1v) is 8.83. The fraction of sp³-hybridized carbons (Fsp3) is 0.474. The van der Waals surface area contributed by atoms with E-state index in [1.54, 1.807) is 12.1 Å². The van der Waals surface area contributed by atoms with Gasteiger partial charge in [-0.3, -0.25) is 0 Å². The van der Waals surface area contributed by atoms with Crippen molar-refractivity contribution >= 4 is 24.0 Å². The molecule has 0 aliphatic rings. The van der Waals surface area contributed by atoms with Gasteiger partial charge < -0.3 is 9.73 Å². The van der Waals surface area contributed by atoms with Crippen molar-refractivity contribution in [3.05, 3.63) is 46.9 Å². The van der Waals surface area contributed by atoms with E-state index in [1.165, 1.54) is 44.6 Å². The van der Waals surface area contributed by atoms with Crippen LogP contribution in [0.2, 0.25) is 5.02 Å². The van der Waals surface area contributed by atoms with Gasteiger partial charge in [0.05, 0.1) is 11.6 Å². The lowest BCUT2D eigenvalue weighted by Crippen LogP contribution is -2.14. The highest BCUT2D eigenvalue weighted by atomic mass is 35.5. The van der Waals surface area contributed by atoms with Gasteiger partial charge in [-0.2, -0.15) is 0 Å². The third kappa shape index (κ3) is 6.84. The summed E-state index contributed by atoms with van der Waals surface area (Å²) in [6.45, 7) is 3.95. The van der Waals surface area contributed by atoms with Crippen molar-refractivity contribution in [1.82, 2.24) is 5.32 Å². The first-order chi connectivity index (χ1) is 11.2. The lowest BCUT2D eigenvalue weighted by molar-refractivity contribution is 0.485. The highest BCUT2D eigenvalue weighted by Crippen LogP contribution is 2.26. The fourth-order valence-electron chi connectivity index (χ4n) is 2.52. The number of nitrogens with one attached hydrogen (secondary N) is 1. The Morgan fingerprint density at radius 1 is 1.04 bits per heavy atom. The highest BCUT2D eigenvalue weighted by Gasteiger charge is 2.07. The van der Waals surface area contributed by atoms with Gasteiger partial charge in [-0.1, -0.05) is 50.6 Å². The molecular formula is C19H26Cl2FNO. The molecule has 24 heavy (non-hydrogen) atoms. The SMILES string of the molecule is CCCCCCCCNCc1ccc(-c2ccc(F)c(Cl)c2)o1.Cl. The molecule has 1 aromatic carbocycles. The lowest BCUT2D eigenvalue weighted by Gasteiger charge is -2.03. The summed E-state index contributed by atoms with van der Waals surface area (Å²) >= 11 is 5.81. The summed E-state index contributed by atoms with van der Waals surface area (Å²) in [5.41, 5.74) is 0.790. The van der Waals surface area contributed by atoms with Crippen LogP contribution in [0.3, 0.4) is 0 Å². The van der Waals surface area contributed by atoms with Gasteiger partial charge in [0, 0.05) is 5.56 Å². The van der Waals surface area contributed by atoms with Gasteiger partial charge in [-0.25, -0.2) is 4.39 Å². The zero-order valence-electron chi connectivity index (χ0n) is 14.1. The maximum absolute atomic E-state index is 13.2. The highest BCUT2D eigenvalue weighted by molar-refractivity contribution is 6.31. The van der Waals surface area contributed by atoms with Crippen LogP contribution in [0.25, 0.3) is 11.3 Å². The zero-order chi connectivity index (χ0) is 16.5. The molecule has 0 saturated heterocycles. The van der Waals surface area contributed by atoms with E-state index in [2.05, 4.69) is 12.2 Å².